The summed E-state index contributed by atoms with van der Waals surface area (Å²) in [4.78, 5) is 13.4. The van der Waals surface area contributed by atoms with Gasteiger partial charge in [0.05, 0.1) is 17.9 Å². The second kappa shape index (κ2) is 6.86. The summed E-state index contributed by atoms with van der Waals surface area (Å²) in [5, 5.41) is 0. The summed E-state index contributed by atoms with van der Waals surface area (Å²) in [6, 6.07) is 3.11. The largest absolute Gasteiger partial charge is 0.372 e. The van der Waals surface area contributed by atoms with Crippen LogP contribution >= 0.6 is 0 Å². The number of halogens is 1. The highest BCUT2D eigenvalue weighted by Gasteiger charge is 2.26. The van der Waals surface area contributed by atoms with Gasteiger partial charge in [0.1, 0.15) is 13.9 Å². The van der Waals surface area contributed by atoms with Crippen LogP contribution in [0.5, 0.6) is 0 Å². The fraction of sp³-hybridized carbons (Fsp3) is 0.500. The molecule has 1 heterocycles. The van der Waals surface area contributed by atoms with Crippen LogP contribution in [0.4, 0.5) is 10.1 Å². The minimum absolute atomic E-state index is 0.00371. The molecule has 0 aliphatic carbocycles. The third-order valence-electron chi connectivity index (χ3n) is 3.54. The lowest BCUT2D eigenvalue weighted by atomic mass is 10.1. The van der Waals surface area contributed by atoms with Crippen LogP contribution in [0, 0.1) is 17.3 Å². The number of nitrogens with zero attached hydrogens (tertiary/aromatic N) is 1. The van der Waals surface area contributed by atoms with Crippen LogP contribution in [0.3, 0.4) is 0 Å². The molecule has 2 rings (SSSR count). The first kappa shape index (κ1) is 17.7. The van der Waals surface area contributed by atoms with E-state index in [1.807, 2.05) is 18.7 Å². The van der Waals surface area contributed by atoms with Gasteiger partial charge < -0.3 is 9.64 Å². The lowest BCUT2D eigenvalue weighted by molar-refractivity contribution is -0.00543. The molecule has 1 saturated heterocycles. The van der Waals surface area contributed by atoms with Crippen molar-refractivity contribution < 1.29 is 13.9 Å². The van der Waals surface area contributed by atoms with Crippen molar-refractivity contribution in [1.82, 2.24) is 0 Å². The standard InChI is InChI=1S/C18H24FNO2Si/c1-13-10-20(11-14(2)22-13)18-16(12-21)8-15(9-17(18)19)6-7-23(3,4)5/h8-9,12-14H,10-11H2,1-5H3/t13-,14+. The molecule has 124 valence electrons. The highest BCUT2D eigenvalue weighted by atomic mass is 28.3. The molecule has 0 amide bonds. The number of carbonyl (C=O) groups excluding carboxylic acids is 1. The Kier molecular flexibility index (Phi) is 5.28. The first-order valence-corrected chi connectivity index (χ1v) is 11.4. The fourth-order valence-corrected chi connectivity index (χ4v) is 3.26. The van der Waals surface area contributed by atoms with Gasteiger partial charge in [-0.3, -0.25) is 4.79 Å². The van der Waals surface area contributed by atoms with E-state index in [0.717, 1.165) is 0 Å². The van der Waals surface area contributed by atoms with Gasteiger partial charge in [-0.1, -0.05) is 25.6 Å². The maximum atomic E-state index is 14.7. The van der Waals surface area contributed by atoms with Gasteiger partial charge in [0.25, 0.3) is 0 Å². The van der Waals surface area contributed by atoms with Gasteiger partial charge in [-0.05, 0) is 26.0 Å². The zero-order chi connectivity index (χ0) is 17.2. The van der Waals surface area contributed by atoms with E-state index in [1.54, 1.807) is 6.07 Å². The monoisotopic (exact) mass is 333 g/mol. The van der Waals surface area contributed by atoms with Crippen molar-refractivity contribution >= 4 is 20.0 Å². The third-order valence-corrected chi connectivity index (χ3v) is 4.41. The summed E-state index contributed by atoms with van der Waals surface area (Å²) in [6.45, 7) is 11.4. The first-order valence-electron chi connectivity index (χ1n) is 7.92. The van der Waals surface area contributed by atoms with Crippen LogP contribution < -0.4 is 4.90 Å². The average Bonchev–Trinajstić information content (AvgIpc) is 2.42. The summed E-state index contributed by atoms with van der Waals surface area (Å²) in [7, 11) is -1.55. The van der Waals surface area contributed by atoms with Crippen molar-refractivity contribution in [1.29, 1.82) is 0 Å². The molecule has 1 aliphatic rings. The molecular weight excluding hydrogens is 309 g/mol. The molecule has 2 atom stereocenters. The molecular formula is C18H24FNO2Si. The van der Waals surface area contributed by atoms with Crippen molar-refractivity contribution in [2.24, 2.45) is 0 Å². The van der Waals surface area contributed by atoms with Crippen LogP contribution in [-0.4, -0.2) is 39.7 Å². The molecule has 1 aromatic rings. The number of hydrogen-bond acceptors (Lipinski definition) is 3. The molecule has 0 bridgehead atoms. The van der Waals surface area contributed by atoms with Crippen molar-refractivity contribution in [2.75, 3.05) is 18.0 Å². The molecule has 3 nitrogen and oxygen atoms in total. The third kappa shape index (κ3) is 4.66. The van der Waals surface area contributed by atoms with Crippen molar-refractivity contribution in [2.45, 2.75) is 45.7 Å². The van der Waals surface area contributed by atoms with E-state index < -0.39 is 13.9 Å². The highest BCUT2D eigenvalue weighted by molar-refractivity contribution is 6.83. The van der Waals surface area contributed by atoms with Gasteiger partial charge in [0.15, 0.2) is 6.29 Å². The fourth-order valence-electron chi connectivity index (χ4n) is 2.74. The molecule has 0 unspecified atom stereocenters. The maximum Gasteiger partial charge on any atom is 0.152 e. The molecule has 0 saturated carbocycles. The van der Waals surface area contributed by atoms with Gasteiger partial charge in [0.2, 0.25) is 0 Å². The van der Waals surface area contributed by atoms with Gasteiger partial charge >= 0.3 is 0 Å². The molecule has 0 radical (unpaired) electrons. The Labute approximate surface area is 138 Å². The van der Waals surface area contributed by atoms with Gasteiger partial charge in [-0.2, -0.15) is 0 Å². The molecule has 0 aromatic heterocycles. The van der Waals surface area contributed by atoms with Crippen LogP contribution in [0.15, 0.2) is 12.1 Å². The average molecular weight is 333 g/mol. The van der Waals surface area contributed by atoms with Crippen LogP contribution in [0.25, 0.3) is 0 Å². The number of rotatable bonds is 2. The predicted molar refractivity (Wildman–Crippen MR) is 94.2 cm³/mol. The SMILES string of the molecule is C[C@@H]1CN(c2c(F)cc(C#C[Si](C)(C)C)cc2C=O)C[C@H](C)O1. The Balaban J connectivity index is 2.41. The molecule has 0 N–H and O–H groups in total. The molecule has 23 heavy (non-hydrogen) atoms. The first-order chi connectivity index (χ1) is 10.7. The number of benzene rings is 1. The summed E-state index contributed by atoms with van der Waals surface area (Å²) < 4.78 is 20.3. The number of aldehydes is 1. The Morgan fingerprint density at radius 2 is 1.87 bits per heavy atom. The highest BCUT2D eigenvalue weighted by Crippen LogP contribution is 2.28. The normalized spacial score (nSPS) is 21.6. The number of ether oxygens (including phenoxy) is 1. The van der Waals surface area contributed by atoms with E-state index in [4.69, 9.17) is 4.74 Å². The Morgan fingerprint density at radius 1 is 1.26 bits per heavy atom. The van der Waals surface area contributed by atoms with Crippen LogP contribution in [0.1, 0.15) is 29.8 Å². The Hall–Kier alpha value is -1.64. The minimum Gasteiger partial charge on any atom is -0.372 e. The summed E-state index contributed by atoms with van der Waals surface area (Å²) in [6.07, 6.45) is 0.719. The minimum atomic E-state index is -1.55. The number of anilines is 1. The quantitative estimate of drug-likeness (QED) is 0.471. The Bertz CT molecular complexity index is 647. The zero-order valence-corrected chi connectivity index (χ0v) is 15.4. The molecule has 0 spiro atoms. The second-order valence-corrected chi connectivity index (χ2v) is 11.9. The van der Waals surface area contributed by atoms with Crippen molar-refractivity contribution in [3.8, 4) is 11.5 Å². The van der Waals surface area contributed by atoms with E-state index in [2.05, 4.69) is 31.1 Å². The summed E-state index contributed by atoms with van der Waals surface area (Å²) in [5.74, 6) is 2.62. The van der Waals surface area contributed by atoms with E-state index in [1.165, 1.54) is 6.07 Å². The number of hydrogen-bond donors (Lipinski definition) is 0. The second-order valence-electron chi connectivity index (χ2n) is 7.18. The predicted octanol–water partition coefficient (Wildman–Crippen LogP) is 3.48. The zero-order valence-electron chi connectivity index (χ0n) is 14.4. The summed E-state index contributed by atoms with van der Waals surface area (Å²) >= 11 is 0. The van der Waals surface area contributed by atoms with Crippen molar-refractivity contribution in [3.05, 3.63) is 29.1 Å². The number of morpholine rings is 1. The van der Waals surface area contributed by atoms with Gasteiger partial charge in [-0.15, -0.1) is 5.54 Å². The van der Waals surface area contributed by atoms with E-state index >= 15 is 0 Å². The van der Waals surface area contributed by atoms with E-state index in [9.17, 15) is 9.18 Å². The molecule has 1 fully saturated rings. The van der Waals surface area contributed by atoms with Crippen LogP contribution in [-0.2, 0) is 4.74 Å². The molecule has 1 aliphatic heterocycles. The number of carbonyl (C=O) groups is 1. The molecule has 5 heteroatoms. The van der Waals surface area contributed by atoms with Gasteiger partial charge in [0, 0.05) is 24.2 Å². The maximum absolute atomic E-state index is 14.7. The van der Waals surface area contributed by atoms with Crippen LogP contribution in [0.2, 0.25) is 19.6 Å². The lowest BCUT2D eigenvalue weighted by Crippen LogP contribution is -2.46. The molecule has 1 aromatic carbocycles. The topological polar surface area (TPSA) is 29.5 Å². The van der Waals surface area contributed by atoms with Gasteiger partial charge in [-0.25, -0.2) is 4.39 Å². The van der Waals surface area contributed by atoms with E-state index in [-0.39, 0.29) is 12.2 Å². The Morgan fingerprint density at radius 3 is 2.39 bits per heavy atom. The summed E-state index contributed by atoms with van der Waals surface area (Å²) in [5.41, 5.74) is 4.48. The van der Waals surface area contributed by atoms with Crippen molar-refractivity contribution in [3.63, 3.8) is 0 Å². The smallest absolute Gasteiger partial charge is 0.152 e. The lowest BCUT2D eigenvalue weighted by Gasteiger charge is -2.37. The van der Waals surface area contributed by atoms with E-state index in [0.29, 0.717) is 36.2 Å².